The Morgan fingerprint density at radius 1 is 1.15 bits per heavy atom. The molecule has 1 amide bonds. The lowest BCUT2D eigenvalue weighted by Gasteiger charge is -2.10. The van der Waals surface area contributed by atoms with Crippen LogP contribution in [0.15, 0.2) is 58.5 Å². The highest BCUT2D eigenvalue weighted by Crippen LogP contribution is 2.32. The number of aromatic nitrogens is 3. The number of carbonyl (C=O) groups is 2. The Bertz CT molecular complexity index is 1360. The second-order valence-electron chi connectivity index (χ2n) is 6.74. The van der Waals surface area contributed by atoms with E-state index >= 15 is 0 Å². The summed E-state index contributed by atoms with van der Waals surface area (Å²) in [5.74, 6) is -1.47. The molecule has 8 nitrogen and oxygen atoms in total. The number of hydrogen-bond donors (Lipinski definition) is 2. The number of carboxylic acids is 1. The van der Waals surface area contributed by atoms with Gasteiger partial charge in [0.1, 0.15) is 16.7 Å². The summed E-state index contributed by atoms with van der Waals surface area (Å²) in [6, 6.07) is 13.0. The van der Waals surface area contributed by atoms with Gasteiger partial charge in [-0.05, 0) is 53.7 Å². The second-order valence-corrected chi connectivity index (χ2v) is 8.81. The van der Waals surface area contributed by atoms with Crippen LogP contribution in [0.5, 0.6) is 0 Å². The van der Waals surface area contributed by atoms with Crippen LogP contribution in [0.1, 0.15) is 11.1 Å². The molecular weight excluding hydrogens is 485 g/mol. The third-order valence-electron chi connectivity index (χ3n) is 4.48. The van der Waals surface area contributed by atoms with Crippen molar-refractivity contribution in [2.24, 2.45) is 5.10 Å². The number of carboxylic acid groups (broad SMARTS) is 1. The zero-order valence-electron chi connectivity index (χ0n) is 16.6. The first kappa shape index (κ1) is 22.7. The number of nitrogens with zero attached hydrogens (tertiary/aromatic N) is 4. The summed E-state index contributed by atoms with van der Waals surface area (Å²) < 4.78 is 15.1. The van der Waals surface area contributed by atoms with E-state index in [9.17, 15) is 14.0 Å². The molecule has 4 rings (SSSR count). The van der Waals surface area contributed by atoms with Gasteiger partial charge >= 0.3 is 5.97 Å². The van der Waals surface area contributed by atoms with E-state index in [1.54, 1.807) is 48.7 Å². The van der Waals surface area contributed by atoms with E-state index in [1.807, 2.05) is 0 Å². The van der Waals surface area contributed by atoms with Crippen LogP contribution in [0.2, 0.25) is 0 Å². The average Bonchev–Trinajstić information content (AvgIpc) is 3.28. The summed E-state index contributed by atoms with van der Waals surface area (Å²) in [6.45, 7) is -0.464. The molecule has 1 aliphatic heterocycles. The van der Waals surface area contributed by atoms with E-state index in [4.69, 9.17) is 29.5 Å². The lowest BCUT2D eigenvalue weighted by Crippen LogP contribution is -2.33. The van der Waals surface area contributed by atoms with Crippen LogP contribution < -0.4 is 0 Å². The van der Waals surface area contributed by atoms with Gasteiger partial charge in [0.15, 0.2) is 5.82 Å². The topological polar surface area (TPSA) is 104 Å². The Morgan fingerprint density at radius 3 is 2.48 bits per heavy atom. The molecule has 12 heteroatoms. The summed E-state index contributed by atoms with van der Waals surface area (Å²) in [7, 11) is 0. The SMILES string of the molecule is O=C(O)CN1C(=O)/C(=C/c2ccc(/C=N/n3c(-c4ccc(F)cc4)n[nH]c3=S)cc2)SC1=S. The summed E-state index contributed by atoms with van der Waals surface area (Å²) in [4.78, 5) is 24.7. The third-order valence-corrected chi connectivity index (χ3v) is 6.12. The standard InChI is InChI=1S/C21H14FN5O3S3/c22-15-7-5-14(6-8-15)18-24-25-20(31)27(18)23-10-13-3-1-12(2-4-13)9-16-19(30)26(11-17(28)29)21(32)33-16/h1-10H,11H2,(H,25,31)(H,28,29)/b16-9-,23-10+. The number of rotatable bonds is 6. The van der Waals surface area contributed by atoms with Gasteiger partial charge in [-0.1, -0.05) is 48.2 Å². The summed E-state index contributed by atoms with van der Waals surface area (Å²) >= 11 is 11.4. The van der Waals surface area contributed by atoms with E-state index in [-0.39, 0.29) is 14.9 Å². The summed E-state index contributed by atoms with van der Waals surface area (Å²) in [5, 5.41) is 20.1. The molecule has 0 atom stereocenters. The molecule has 0 saturated carbocycles. The highest BCUT2D eigenvalue weighted by Gasteiger charge is 2.33. The number of hydrogen-bond acceptors (Lipinski definition) is 7. The molecule has 1 aliphatic rings. The number of aromatic amines is 1. The minimum Gasteiger partial charge on any atom is -0.480 e. The molecule has 2 heterocycles. The summed E-state index contributed by atoms with van der Waals surface area (Å²) in [5.41, 5.74) is 2.16. The molecule has 166 valence electrons. The maximum absolute atomic E-state index is 13.2. The number of thioether (sulfide) groups is 1. The predicted molar refractivity (Wildman–Crippen MR) is 130 cm³/mol. The molecule has 0 radical (unpaired) electrons. The number of nitrogens with one attached hydrogen (secondary N) is 1. The zero-order chi connectivity index (χ0) is 23.5. The second kappa shape index (κ2) is 9.57. The molecule has 1 aromatic heterocycles. The van der Waals surface area contributed by atoms with E-state index in [1.165, 1.54) is 16.8 Å². The van der Waals surface area contributed by atoms with E-state index in [0.29, 0.717) is 16.3 Å². The van der Waals surface area contributed by atoms with Gasteiger partial charge in [0, 0.05) is 5.56 Å². The predicted octanol–water partition coefficient (Wildman–Crippen LogP) is 3.91. The monoisotopic (exact) mass is 499 g/mol. The molecule has 1 fully saturated rings. The van der Waals surface area contributed by atoms with Crippen LogP contribution in [-0.2, 0) is 9.59 Å². The molecule has 0 aliphatic carbocycles. The number of carbonyl (C=O) groups excluding carboxylic acids is 1. The van der Waals surface area contributed by atoms with E-state index in [0.717, 1.165) is 27.8 Å². The van der Waals surface area contributed by atoms with Crippen molar-refractivity contribution >= 4 is 64.7 Å². The van der Waals surface area contributed by atoms with Crippen LogP contribution in [0.25, 0.3) is 17.5 Å². The Balaban J connectivity index is 1.52. The molecule has 33 heavy (non-hydrogen) atoms. The zero-order valence-corrected chi connectivity index (χ0v) is 19.1. The maximum atomic E-state index is 13.2. The smallest absolute Gasteiger partial charge is 0.323 e. The van der Waals surface area contributed by atoms with Crippen molar-refractivity contribution in [2.45, 2.75) is 0 Å². The fourth-order valence-electron chi connectivity index (χ4n) is 2.91. The van der Waals surface area contributed by atoms with Crippen molar-refractivity contribution < 1.29 is 19.1 Å². The Labute approximate surface area is 201 Å². The lowest BCUT2D eigenvalue weighted by atomic mass is 10.1. The first-order chi connectivity index (χ1) is 15.8. The Kier molecular flexibility index (Phi) is 6.58. The van der Waals surface area contributed by atoms with Gasteiger partial charge in [-0.15, -0.1) is 0 Å². The fourth-order valence-corrected chi connectivity index (χ4v) is 4.34. The van der Waals surface area contributed by atoms with Crippen LogP contribution in [0, 0.1) is 10.6 Å². The highest BCUT2D eigenvalue weighted by molar-refractivity contribution is 8.26. The van der Waals surface area contributed by atoms with Crippen molar-refractivity contribution in [2.75, 3.05) is 6.54 Å². The van der Waals surface area contributed by atoms with E-state index < -0.39 is 18.4 Å². The molecular formula is C21H14FN5O3S3. The van der Waals surface area contributed by atoms with Gasteiger partial charge in [0.25, 0.3) is 5.91 Å². The number of halogens is 1. The molecule has 1 saturated heterocycles. The quantitative estimate of drug-likeness (QED) is 0.301. The highest BCUT2D eigenvalue weighted by atomic mass is 32.2. The number of amides is 1. The normalized spacial score (nSPS) is 15.2. The molecule has 0 unspecified atom stereocenters. The van der Waals surface area contributed by atoms with Crippen molar-refractivity contribution in [3.63, 3.8) is 0 Å². The first-order valence-corrected chi connectivity index (χ1v) is 11.0. The largest absolute Gasteiger partial charge is 0.480 e. The van der Waals surface area contributed by atoms with Crippen LogP contribution in [0.3, 0.4) is 0 Å². The molecule has 3 aromatic rings. The molecule has 0 spiro atoms. The van der Waals surface area contributed by atoms with Gasteiger partial charge in [-0.2, -0.15) is 14.9 Å². The first-order valence-electron chi connectivity index (χ1n) is 9.37. The Morgan fingerprint density at radius 2 is 1.82 bits per heavy atom. The van der Waals surface area contributed by atoms with Gasteiger partial charge in [0.05, 0.1) is 11.1 Å². The average molecular weight is 500 g/mol. The van der Waals surface area contributed by atoms with Crippen LogP contribution >= 0.6 is 36.2 Å². The van der Waals surface area contributed by atoms with Crippen molar-refractivity contribution in [3.8, 4) is 11.4 Å². The minimum absolute atomic E-state index is 0.214. The molecule has 0 bridgehead atoms. The van der Waals surface area contributed by atoms with Crippen molar-refractivity contribution in [1.82, 2.24) is 19.8 Å². The number of benzene rings is 2. The maximum Gasteiger partial charge on any atom is 0.323 e. The third kappa shape index (κ3) is 5.13. The van der Waals surface area contributed by atoms with Crippen molar-refractivity contribution in [3.05, 3.63) is 75.2 Å². The van der Waals surface area contributed by atoms with Gasteiger partial charge in [0.2, 0.25) is 4.77 Å². The van der Waals surface area contributed by atoms with Gasteiger partial charge in [-0.25, -0.2) is 9.49 Å². The number of aliphatic carboxylic acids is 1. The number of H-pyrrole nitrogens is 1. The molecule has 2 N–H and O–H groups in total. The van der Waals surface area contributed by atoms with Crippen LogP contribution in [0.4, 0.5) is 4.39 Å². The van der Waals surface area contributed by atoms with Crippen LogP contribution in [-0.4, -0.2) is 53.8 Å². The van der Waals surface area contributed by atoms with Gasteiger partial charge < -0.3 is 5.11 Å². The van der Waals surface area contributed by atoms with Gasteiger partial charge in [-0.3, -0.25) is 14.5 Å². The lowest BCUT2D eigenvalue weighted by molar-refractivity contribution is -0.140. The minimum atomic E-state index is -1.13. The molecule has 2 aromatic carbocycles. The fraction of sp³-hybridized carbons (Fsp3) is 0.0476. The Hall–Kier alpha value is -3.48. The van der Waals surface area contributed by atoms with Crippen molar-refractivity contribution in [1.29, 1.82) is 0 Å². The number of thiocarbonyl (C=S) groups is 1. The summed E-state index contributed by atoms with van der Waals surface area (Å²) in [6.07, 6.45) is 3.25. The van der Waals surface area contributed by atoms with E-state index in [2.05, 4.69) is 15.3 Å².